The first-order valence-corrected chi connectivity index (χ1v) is 4.28. The Kier molecular flexibility index (Phi) is 2.49. The molecule has 1 aliphatic rings. The highest BCUT2D eigenvalue weighted by atomic mass is 19.1. The molecule has 2 heterocycles. The van der Waals surface area contributed by atoms with Gasteiger partial charge in [0.05, 0.1) is 0 Å². The summed E-state index contributed by atoms with van der Waals surface area (Å²) < 4.78 is 25.3. The van der Waals surface area contributed by atoms with E-state index in [-0.39, 0.29) is 5.95 Å². The smallest absolute Gasteiger partial charge is 0.315 e. The van der Waals surface area contributed by atoms with Crippen LogP contribution in [0.3, 0.4) is 0 Å². The van der Waals surface area contributed by atoms with Crippen LogP contribution in [0.15, 0.2) is 0 Å². The maximum absolute atomic E-state index is 12.6. The van der Waals surface area contributed by atoms with Crippen molar-refractivity contribution < 1.29 is 8.78 Å². The van der Waals surface area contributed by atoms with Crippen LogP contribution in [0.1, 0.15) is 0 Å². The van der Waals surface area contributed by atoms with Gasteiger partial charge in [0.1, 0.15) is 0 Å². The number of anilines is 1. The quantitative estimate of drug-likeness (QED) is 0.667. The zero-order chi connectivity index (χ0) is 9.97. The van der Waals surface area contributed by atoms with Crippen LogP contribution in [0.4, 0.5) is 14.7 Å². The molecule has 0 atom stereocenters. The fraction of sp³-hybridized carbons (Fsp3) is 0.571. The summed E-state index contributed by atoms with van der Waals surface area (Å²) >= 11 is 0. The summed E-state index contributed by atoms with van der Waals surface area (Å²) in [5.74, 6) is 0.0662. The summed E-state index contributed by atoms with van der Waals surface area (Å²) in [6.07, 6.45) is -2.16. The molecule has 0 bridgehead atoms. The molecule has 1 aromatic heterocycles. The third-order valence-corrected chi connectivity index (χ3v) is 1.97. The minimum Gasteiger partial charge on any atom is -0.338 e. The van der Waals surface area contributed by atoms with Crippen LogP contribution >= 0.6 is 0 Å². The highest BCUT2D eigenvalue weighted by molar-refractivity contribution is 5.28. The number of halogens is 2. The number of nitrogens with one attached hydrogen (secondary N) is 1. The number of hydrogen-bond acceptors (Lipinski definition) is 5. The summed E-state index contributed by atoms with van der Waals surface area (Å²) in [5.41, 5.74) is 0. The van der Waals surface area contributed by atoms with Gasteiger partial charge < -0.3 is 10.2 Å². The molecule has 1 fully saturated rings. The van der Waals surface area contributed by atoms with Gasteiger partial charge in [-0.05, 0) is 0 Å². The average Bonchev–Trinajstić information content (AvgIpc) is 2.18. The first-order valence-electron chi connectivity index (χ1n) is 4.28. The van der Waals surface area contributed by atoms with Crippen LogP contribution in [0.5, 0.6) is 0 Å². The van der Waals surface area contributed by atoms with Crippen molar-refractivity contribution in [3.05, 3.63) is 12.2 Å². The maximum atomic E-state index is 12.6. The highest BCUT2D eigenvalue weighted by Gasteiger charge is 2.15. The number of aromatic nitrogens is 3. The minimum atomic E-state index is -1.08. The minimum absolute atomic E-state index is 0.0662. The van der Waals surface area contributed by atoms with Gasteiger partial charge in [-0.3, -0.25) is 0 Å². The van der Waals surface area contributed by atoms with Gasteiger partial charge in [-0.25, -0.2) is 0 Å². The Morgan fingerprint density at radius 2 is 1.57 bits per heavy atom. The molecule has 0 saturated carbocycles. The summed E-state index contributed by atoms with van der Waals surface area (Å²) in [6, 6.07) is 0. The molecule has 1 saturated heterocycles. The normalized spacial score (nSPS) is 17.1. The molecular formula is C7H9F2N5. The van der Waals surface area contributed by atoms with Crippen LogP contribution in [0, 0.1) is 12.2 Å². The van der Waals surface area contributed by atoms with Crippen molar-refractivity contribution in [3.63, 3.8) is 0 Å². The summed E-state index contributed by atoms with van der Waals surface area (Å²) in [5, 5.41) is 3.11. The molecule has 0 amide bonds. The van der Waals surface area contributed by atoms with Crippen molar-refractivity contribution in [1.29, 1.82) is 0 Å². The van der Waals surface area contributed by atoms with E-state index in [2.05, 4.69) is 20.3 Å². The zero-order valence-corrected chi connectivity index (χ0v) is 7.37. The number of nitrogens with zero attached hydrogens (tertiary/aromatic N) is 4. The molecule has 0 radical (unpaired) electrons. The first-order chi connectivity index (χ1) is 6.75. The molecule has 2 rings (SSSR count). The molecule has 14 heavy (non-hydrogen) atoms. The van der Waals surface area contributed by atoms with Crippen molar-refractivity contribution >= 4 is 5.95 Å². The Balaban J connectivity index is 2.21. The Morgan fingerprint density at radius 3 is 2.14 bits per heavy atom. The Labute approximate surface area is 79.2 Å². The third kappa shape index (κ3) is 1.92. The highest BCUT2D eigenvalue weighted by Crippen LogP contribution is 2.07. The Bertz CT molecular complexity index is 306. The first kappa shape index (κ1) is 9.20. The summed E-state index contributed by atoms with van der Waals surface area (Å²) in [6.45, 7) is 2.80. The van der Waals surface area contributed by atoms with Gasteiger partial charge >= 0.3 is 12.2 Å². The molecule has 0 aliphatic carbocycles. The van der Waals surface area contributed by atoms with Crippen LogP contribution in [-0.4, -0.2) is 41.1 Å². The van der Waals surface area contributed by atoms with Crippen molar-refractivity contribution in [1.82, 2.24) is 20.3 Å². The van der Waals surface area contributed by atoms with E-state index in [1.54, 1.807) is 4.90 Å². The van der Waals surface area contributed by atoms with Crippen molar-refractivity contribution in [2.45, 2.75) is 0 Å². The molecule has 0 unspecified atom stereocenters. The lowest BCUT2D eigenvalue weighted by molar-refractivity contribution is 0.449. The molecule has 1 aromatic rings. The third-order valence-electron chi connectivity index (χ3n) is 1.97. The van der Waals surface area contributed by atoms with Gasteiger partial charge in [0, 0.05) is 26.2 Å². The van der Waals surface area contributed by atoms with E-state index in [0.717, 1.165) is 13.1 Å². The van der Waals surface area contributed by atoms with Gasteiger partial charge in [0.25, 0.3) is 0 Å². The molecule has 76 valence electrons. The largest absolute Gasteiger partial charge is 0.338 e. The van der Waals surface area contributed by atoms with Crippen molar-refractivity contribution in [2.75, 3.05) is 31.1 Å². The molecule has 5 nitrogen and oxygen atoms in total. The zero-order valence-electron chi connectivity index (χ0n) is 7.37. The van der Waals surface area contributed by atoms with E-state index >= 15 is 0 Å². The molecule has 0 aromatic carbocycles. The van der Waals surface area contributed by atoms with Gasteiger partial charge in [-0.2, -0.15) is 23.7 Å². The lowest BCUT2D eigenvalue weighted by Gasteiger charge is -2.26. The predicted octanol–water partition coefficient (Wildman–Crippen LogP) is -0.441. The van der Waals surface area contributed by atoms with Crippen molar-refractivity contribution in [3.8, 4) is 0 Å². The second-order valence-corrected chi connectivity index (χ2v) is 2.91. The standard InChI is InChI=1S/C7H9F2N5/c8-5-11-6(9)13-7(12-5)14-3-1-10-2-4-14/h10H,1-4H2. The molecule has 0 spiro atoms. The van der Waals surface area contributed by atoms with Gasteiger partial charge in [0.2, 0.25) is 5.95 Å². The van der Waals surface area contributed by atoms with Crippen molar-refractivity contribution in [2.24, 2.45) is 0 Å². The molecule has 1 N–H and O–H groups in total. The summed E-state index contributed by atoms with van der Waals surface area (Å²) in [4.78, 5) is 11.4. The second kappa shape index (κ2) is 3.79. The average molecular weight is 201 g/mol. The van der Waals surface area contributed by atoms with Crippen LogP contribution < -0.4 is 10.2 Å². The summed E-state index contributed by atoms with van der Waals surface area (Å²) in [7, 11) is 0. The van der Waals surface area contributed by atoms with E-state index in [9.17, 15) is 8.78 Å². The lowest BCUT2D eigenvalue weighted by atomic mass is 10.4. The molecule has 1 aliphatic heterocycles. The maximum Gasteiger partial charge on any atom is 0.315 e. The van der Waals surface area contributed by atoms with Crippen LogP contribution in [-0.2, 0) is 0 Å². The van der Waals surface area contributed by atoms with E-state index in [0.29, 0.717) is 13.1 Å². The SMILES string of the molecule is Fc1nc(F)nc(N2CCNCC2)n1. The lowest BCUT2D eigenvalue weighted by Crippen LogP contribution is -2.44. The fourth-order valence-corrected chi connectivity index (χ4v) is 1.32. The van der Waals surface area contributed by atoms with Gasteiger partial charge in [0.15, 0.2) is 0 Å². The number of hydrogen-bond donors (Lipinski definition) is 1. The van der Waals surface area contributed by atoms with E-state index < -0.39 is 12.2 Å². The van der Waals surface area contributed by atoms with E-state index in [1.165, 1.54) is 0 Å². The topological polar surface area (TPSA) is 53.9 Å². The molecule has 7 heteroatoms. The Hall–Kier alpha value is -1.37. The van der Waals surface area contributed by atoms with Crippen LogP contribution in [0.25, 0.3) is 0 Å². The molecular weight excluding hydrogens is 192 g/mol. The van der Waals surface area contributed by atoms with E-state index in [1.807, 2.05) is 0 Å². The predicted molar refractivity (Wildman–Crippen MR) is 44.8 cm³/mol. The second-order valence-electron chi connectivity index (χ2n) is 2.91. The Morgan fingerprint density at radius 1 is 1.00 bits per heavy atom. The van der Waals surface area contributed by atoms with E-state index in [4.69, 9.17) is 0 Å². The number of rotatable bonds is 1. The number of piperazine rings is 1. The van der Waals surface area contributed by atoms with Gasteiger partial charge in [-0.15, -0.1) is 0 Å². The van der Waals surface area contributed by atoms with Crippen LogP contribution in [0.2, 0.25) is 0 Å². The van der Waals surface area contributed by atoms with Gasteiger partial charge in [-0.1, -0.05) is 0 Å². The monoisotopic (exact) mass is 201 g/mol. The fourth-order valence-electron chi connectivity index (χ4n) is 1.32.